The van der Waals surface area contributed by atoms with E-state index >= 15 is 0 Å². The molecule has 45 heavy (non-hydrogen) atoms. The number of aromatic carboxylic acids is 1. The first-order chi connectivity index (χ1) is 21.9. The Morgan fingerprint density at radius 1 is 0.889 bits per heavy atom. The van der Waals surface area contributed by atoms with Crippen molar-refractivity contribution in [3.8, 4) is 5.75 Å². The molecule has 0 spiro atoms. The van der Waals surface area contributed by atoms with Crippen LogP contribution in [0.25, 0.3) is 10.9 Å². The summed E-state index contributed by atoms with van der Waals surface area (Å²) in [5, 5.41) is 23.9. The fourth-order valence-corrected chi connectivity index (χ4v) is 5.94. The number of aliphatic hydroxyl groups is 1. The van der Waals surface area contributed by atoms with Gasteiger partial charge in [-0.15, -0.1) is 0 Å². The third-order valence-electron chi connectivity index (χ3n) is 8.32. The summed E-state index contributed by atoms with van der Waals surface area (Å²) in [6.45, 7) is 5.28. The Morgan fingerprint density at radius 2 is 1.51 bits per heavy atom. The first-order valence-electron chi connectivity index (χ1n) is 15.5. The molecule has 0 aliphatic heterocycles. The maximum Gasteiger partial charge on any atom is 0.335 e. The molecule has 1 aromatic heterocycles. The minimum atomic E-state index is -0.879. The number of fused-ring (bicyclic) bond motifs is 2. The molecule has 232 valence electrons. The molecule has 7 heteroatoms. The molecule has 0 amide bonds. The molecule has 4 aromatic carbocycles. The van der Waals surface area contributed by atoms with E-state index in [1.807, 2.05) is 42.5 Å². The minimum Gasteiger partial charge on any atom is -0.487 e. The van der Waals surface area contributed by atoms with Gasteiger partial charge in [0.25, 0.3) is 0 Å². The van der Waals surface area contributed by atoms with Crippen molar-refractivity contribution in [3.05, 3.63) is 146 Å². The Hall–Kier alpha value is -4.72. The van der Waals surface area contributed by atoms with Gasteiger partial charge in [-0.1, -0.05) is 80.6 Å². The van der Waals surface area contributed by atoms with Gasteiger partial charge >= 0.3 is 5.97 Å². The third kappa shape index (κ3) is 7.87. The normalized spacial score (nSPS) is 13.1. The number of nitrogens with one attached hydrogen (secondary N) is 2. The lowest BCUT2D eigenvalue weighted by Crippen LogP contribution is -2.33. The molecule has 6 rings (SSSR count). The first kappa shape index (κ1) is 31.7. The van der Waals surface area contributed by atoms with Crippen molar-refractivity contribution in [1.29, 1.82) is 0 Å². The molecule has 0 fully saturated rings. The molecule has 5 aromatic rings. The summed E-state index contributed by atoms with van der Waals surface area (Å²) < 4.78 is 6.04. The summed E-state index contributed by atoms with van der Waals surface area (Å²) in [5.41, 5.74) is 8.33. The fourth-order valence-electron chi connectivity index (χ4n) is 5.94. The SMILES string of the molecule is CCc1cc2c(cc1CC)CC(NC[C@H](O)c1ccc(OCc3ccccc3)c3[nH]c(=O)ccc13)C2.O=C(O)c1ccccc1. The Balaban J connectivity index is 0.000000383. The van der Waals surface area contributed by atoms with Crippen LogP contribution >= 0.6 is 0 Å². The molecular formula is C38H40N2O5. The van der Waals surface area contributed by atoms with E-state index in [0.29, 0.717) is 36.0 Å². The van der Waals surface area contributed by atoms with Crippen molar-refractivity contribution >= 4 is 16.9 Å². The second-order valence-electron chi connectivity index (χ2n) is 11.3. The highest BCUT2D eigenvalue weighted by atomic mass is 16.5. The Bertz CT molecular complexity index is 1770. The van der Waals surface area contributed by atoms with E-state index in [1.54, 1.807) is 36.4 Å². The number of aliphatic hydroxyl groups excluding tert-OH is 1. The number of aromatic nitrogens is 1. The van der Waals surface area contributed by atoms with Gasteiger partial charge in [0, 0.05) is 24.0 Å². The van der Waals surface area contributed by atoms with Crippen LogP contribution in [0.5, 0.6) is 5.75 Å². The van der Waals surface area contributed by atoms with Gasteiger partial charge in [0.1, 0.15) is 12.4 Å². The van der Waals surface area contributed by atoms with Crippen molar-refractivity contribution in [2.75, 3.05) is 6.54 Å². The lowest BCUT2D eigenvalue weighted by Gasteiger charge is -2.19. The van der Waals surface area contributed by atoms with Crippen molar-refractivity contribution in [3.63, 3.8) is 0 Å². The maximum atomic E-state index is 12.1. The standard InChI is InChI=1S/C31H34N2O3.C7H6O2/c1-3-21-14-23-16-25(17-24(23)15-22(21)4-2)32-18-28(34)26-10-12-29(31-27(26)11-13-30(35)33-31)36-19-20-8-6-5-7-9-20;8-7(9)6-4-2-1-3-5-6/h5-15,25,28,32,34H,3-4,16-19H2,1-2H3,(H,33,35);1-5H,(H,8,9)/t28-;/m0./s1. The monoisotopic (exact) mass is 604 g/mol. The number of pyridine rings is 1. The number of carboxylic acids is 1. The number of hydrogen-bond donors (Lipinski definition) is 4. The van der Waals surface area contributed by atoms with Gasteiger partial charge in [0.2, 0.25) is 5.56 Å². The van der Waals surface area contributed by atoms with Gasteiger partial charge in [-0.2, -0.15) is 0 Å². The number of hydrogen-bond acceptors (Lipinski definition) is 5. The summed E-state index contributed by atoms with van der Waals surface area (Å²) in [6.07, 6.45) is 3.39. The number of aryl methyl sites for hydroxylation is 2. The molecule has 1 aliphatic carbocycles. The highest BCUT2D eigenvalue weighted by Gasteiger charge is 2.24. The largest absolute Gasteiger partial charge is 0.487 e. The van der Waals surface area contributed by atoms with Crippen LogP contribution in [-0.4, -0.2) is 33.8 Å². The maximum absolute atomic E-state index is 12.1. The molecular weight excluding hydrogens is 564 g/mol. The topological polar surface area (TPSA) is 112 Å². The van der Waals surface area contributed by atoms with Crippen LogP contribution in [0.4, 0.5) is 0 Å². The molecule has 1 aliphatic rings. The molecule has 1 heterocycles. The van der Waals surface area contributed by atoms with E-state index < -0.39 is 12.1 Å². The van der Waals surface area contributed by atoms with Gasteiger partial charge in [0.05, 0.1) is 17.2 Å². The predicted octanol–water partition coefficient (Wildman–Crippen LogP) is 6.41. The number of ether oxygens (including phenoxy) is 1. The molecule has 0 radical (unpaired) electrons. The van der Waals surface area contributed by atoms with Gasteiger partial charge in [0.15, 0.2) is 0 Å². The average Bonchev–Trinajstić information content (AvgIpc) is 3.48. The first-order valence-corrected chi connectivity index (χ1v) is 15.5. The summed E-state index contributed by atoms with van der Waals surface area (Å²) in [5.74, 6) is -0.282. The molecule has 0 saturated carbocycles. The van der Waals surface area contributed by atoms with Crippen LogP contribution < -0.4 is 15.6 Å². The third-order valence-corrected chi connectivity index (χ3v) is 8.32. The predicted molar refractivity (Wildman–Crippen MR) is 178 cm³/mol. The van der Waals surface area contributed by atoms with Crippen LogP contribution in [-0.2, 0) is 32.3 Å². The van der Waals surface area contributed by atoms with Crippen molar-refractivity contribution in [1.82, 2.24) is 10.3 Å². The lowest BCUT2D eigenvalue weighted by atomic mass is 9.97. The van der Waals surface area contributed by atoms with Gasteiger partial charge in [-0.05, 0) is 83.3 Å². The molecule has 0 unspecified atom stereocenters. The zero-order valence-electron chi connectivity index (χ0n) is 25.8. The number of carbonyl (C=O) groups is 1. The summed E-state index contributed by atoms with van der Waals surface area (Å²) >= 11 is 0. The quantitative estimate of drug-likeness (QED) is 0.147. The molecule has 0 bridgehead atoms. The molecule has 4 N–H and O–H groups in total. The molecule has 1 atom stereocenters. The van der Waals surface area contributed by atoms with Crippen LogP contribution in [0.2, 0.25) is 0 Å². The Labute approximate surface area is 263 Å². The van der Waals surface area contributed by atoms with Crippen molar-refractivity contribution in [2.45, 2.75) is 58.3 Å². The van der Waals surface area contributed by atoms with E-state index in [0.717, 1.165) is 42.2 Å². The van der Waals surface area contributed by atoms with E-state index in [1.165, 1.54) is 28.3 Å². The molecule has 7 nitrogen and oxygen atoms in total. The van der Waals surface area contributed by atoms with Gasteiger partial charge < -0.3 is 25.3 Å². The van der Waals surface area contributed by atoms with Crippen LogP contribution in [0.3, 0.4) is 0 Å². The highest BCUT2D eigenvalue weighted by Crippen LogP contribution is 2.31. The highest BCUT2D eigenvalue weighted by molar-refractivity contribution is 5.88. The zero-order chi connectivity index (χ0) is 31.8. The van der Waals surface area contributed by atoms with Crippen LogP contribution in [0.1, 0.15) is 63.7 Å². The zero-order valence-corrected chi connectivity index (χ0v) is 25.8. The number of rotatable bonds is 10. The summed E-state index contributed by atoms with van der Waals surface area (Å²) in [4.78, 5) is 25.2. The number of benzene rings is 4. The second-order valence-corrected chi connectivity index (χ2v) is 11.3. The number of aromatic amines is 1. The van der Waals surface area contributed by atoms with Crippen LogP contribution in [0, 0.1) is 0 Å². The van der Waals surface area contributed by atoms with E-state index in [9.17, 15) is 14.7 Å². The number of H-pyrrole nitrogens is 1. The van der Waals surface area contributed by atoms with E-state index in [2.05, 4.69) is 36.3 Å². The van der Waals surface area contributed by atoms with Gasteiger partial charge in [-0.3, -0.25) is 4.79 Å². The van der Waals surface area contributed by atoms with E-state index in [4.69, 9.17) is 9.84 Å². The van der Waals surface area contributed by atoms with E-state index in [-0.39, 0.29) is 5.56 Å². The Morgan fingerprint density at radius 3 is 2.09 bits per heavy atom. The van der Waals surface area contributed by atoms with Crippen molar-refractivity contribution < 1.29 is 19.7 Å². The van der Waals surface area contributed by atoms with Crippen LogP contribution in [0.15, 0.2) is 102 Å². The summed E-state index contributed by atoms with van der Waals surface area (Å²) in [6, 6.07) is 30.3. The summed E-state index contributed by atoms with van der Waals surface area (Å²) in [7, 11) is 0. The second kappa shape index (κ2) is 14.8. The molecule has 0 saturated heterocycles. The number of carboxylic acid groups (broad SMARTS) is 1. The smallest absolute Gasteiger partial charge is 0.335 e. The minimum absolute atomic E-state index is 0.196. The average molecular weight is 605 g/mol. The van der Waals surface area contributed by atoms with Crippen molar-refractivity contribution in [2.24, 2.45) is 0 Å². The Kier molecular flexibility index (Phi) is 10.5. The van der Waals surface area contributed by atoms with Gasteiger partial charge in [-0.25, -0.2) is 4.79 Å². The lowest BCUT2D eigenvalue weighted by molar-refractivity contribution is 0.0697. The fraction of sp³-hybridized carbons (Fsp3) is 0.263.